The highest BCUT2D eigenvalue weighted by molar-refractivity contribution is 5.77. The van der Waals surface area contributed by atoms with Crippen LogP contribution in [0, 0.1) is 0 Å². The Balaban J connectivity index is 1.68. The van der Waals surface area contributed by atoms with Crippen molar-refractivity contribution in [1.82, 2.24) is 4.90 Å². The van der Waals surface area contributed by atoms with Crippen LogP contribution in [0.25, 0.3) is 0 Å². The summed E-state index contributed by atoms with van der Waals surface area (Å²) in [6, 6.07) is 16.5. The second kappa shape index (κ2) is 6.86. The summed E-state index contributed by atoms with van der Waals surface area (Å²) in [4.78, 5) is 14.6. The molecule has 0 saturated carbocycles. The molecule has 120 valence electrons. The molecule has 3 heteroatoms. The Kier molecular flexibility index (Phi) is 4.65. The molecule has 2 aromatic rings. The number of methoxy groups -OCH3 is 1. The molecule has 1 amide bonds. The highest BCUT2D eigenvalue weighted by Crippen LogP contribution is 2.32. The maximum Gasteiger partial charge on any atom is 0.223 e. The zero-order chi connectivity index (χ0) is 16.2. The lowest BCUT2D eigenvalue weighted by Gasteiger charge is -2.35. The van der Waals surface area contributed by atoms with Gasteiger partial charge in [0, 0.05) is 13.0 Å². The van der Waals surface area contributed by atoms with Crippen molar-refractivity contribution in [2.75, 3.05) is 13.7 Å². The van der Waals surface area contributed by atoms with Crippen LogP contribution in [0.15, 0.2) is 48.5 Å². The van der Waals surface area contributed by atoms with Crippen molar-refractivity contribution in [3.05, 3.63) is 65.2 Å². The van der Waals surface area contributed by atoms with E-state index in [-0.39, 0.29) is 11.9 Å². The Morgan fingerprint density at radius 2 is 2.00 bits per heavy atom. The number of aryl methyl sites for hydroxylation is 1. The van der Waals surface area contributed by atoms with Gasteiger partial charge >= 0.3 is 0 Å². The molecule has 3 rings (SSSR count). The molecule has 1 atom stereocenters. The highest BCUT2D eigenvalue weighted by Gasteiger charge is 2.27. The maximum atomic E-state index is 12.6. The Morgan fingerprint density at radius 3 is 2.74 bits per heavy atom. The molecule has 1 heterocycles. The second-order valence-electron chi connectivity index (χ2n) is 6.06. The van der Waals surface area contributed by atoms with Crippen molar-refractivity contribution in [2.45, 2.75) is 32.2 Å². The number of amides is 1. The van der Waals surface area contributed by atoms with Crippen molar-refractivity contribution >= 4 is 5.91 Å². The minimum absolute atomic E-state index is 0.132. The smallest absolute Gasteiger partial charge is 0.223 e. The lowest BCUT2D eigenvalue weighted by Crippen LogP contribution is -2.38. The van der Waals surface area contributed by atoms with Gasteiger partial charge in [-0.15, -0.1) is 0 Å². The van der Waals surface area contributed by atoms with E-state index in [1.165, 1.54) is 16.7 Å². The summed E-state index contributed by atoms with van der Waals surface area (Å²) in [6.45, 7) is 2.90. The van der Waals surface area contributed by atoms with Gasteiger partial charge in [0.05, 0.1) is 13.2 Å². The van der Waals surface area contributed by atoms with E-state index < -0.39 is 0 Å². The van der Waals surface area contributed by atoms with E-state index in [0.717, 1.165) is 25.1 Å². The summed E-state index contributed by atoms with van der Waals surface area (Å²) < 4.78 is 5.30. The molecule has 0 aromatic heterocycles. The number of rotatable bonds is 4. The predicted molar refractivity (Wildman–Crippen MR) is 91.6 cm³/mol. The molecule has 0 N–H and O–H groups in total. The molecule has 0 fully saturated rings. The summed E-state index contributed by atoms with van der Waals surface area (Å²) in [5.41, 5.74) is 3.75. The number of hydrogen-bond acceptors (Lipinski definition) is 2. The Bertz CT molecular complexity index is 681. The third kappa shape index (κ3) is 3.39. The first-order chi connectivity index (χ1) is 11.2. The Hall–Kier alpha value is -2.29. The first-order valence-electron chi connectivity index (χ1n) is 8.19. The first kappa shape index (κ1) is 15.6. The number of carbonyl (C=O) groups is 1. The lowest BCUT2D eigenvalue weighted by molar-refractivity contribution is -0.133. The van der Waals surface area contributed by atoms with Gasteiger partial charge in [-0.3, -0.25) is 4.79 Å². The van der Waals surface area contributed by atoms with Crippen LogP contribution >= 0.6 is 0 Å². The quantitative estimate of drug-likeness (QED) is 0.860. The van der Waals surface area contributed by atoms with E-state index in [4.69, 9.17) is 4.74 Å². The van der Waals surface area contributed by atoms with Gasteiger partial charge in [0.1, 0.15) is 5.75 Å². The van der Waals surface area contributed by atoms with Gasteiger partial charge in [-0.1, -0.05) is 36.4 Å². The SMILES string of the molecule is COc1ccc2c(c1)CCN(C(=O)CCc1ccccc1)C2C. The van der Waals surface area contributed by atoms with E-state index in [9.17, 15) is 4.79 Å². The standard InChI is InChI=1S/C20H23NO2/c1-15-19-10-9-18(23-2)14-17(19)12-13-21(15)20(22)11-8-16-6-4-3-5-7-16/h3-7,9-10,14-15H,8,11-13H2,1-2H3. The predicted octanol–water partition coefficient (Wildman–Crippen LogP) is 3.77. The van der Waals surface area contributed by atoms with E-state index in [2.05, 4.69) is 31.2 Å². The van der Waals surface area contributed by atoms with Crippen LogP contribution in [0.3, 0.4) is 0 Å². The van der Waals surface area contributed by atoms with E-state index in [1.54, 1.807) is 7.11 Å². The molecule has 0 spiro atoms. The summed E-state index contributed by atoms with van der Waals surface area (Å²) >= 11 is 0. The molecule has 0 saturated heterocycles. The first-order valence-corrected chi connectivity index (χ1v) is 8.19. The minimum atomic E-state index is 0.132. The minimum Gasteiger partial charge on any atom is -0.497 e. The fourth-order valence-corrected chi connectivity index (χ4v) is 3.32. The molecule has 0 bridgehead atoms. The normalized spacial score (nSPS) is 16.8. The fourth-order valence-electron chi connectivity index (χ4n) is 3.32. The number of carbonyl (C=O) groups excluding carboxylic acids is 1. The summed E-state index contributed by atoms with van der Waals surface area (Å²) in [7, 11) is 1.69. The average molecular weight is 309 g/mol. The maximum absolute atomic E-state index is 12.6. The molecule has 3 nitrogen and oxygen atoms in total. The third-order valence-corrected chi connectivity index (χ3v) is 4.68. The molecule has 23 heavy (non-hydrogen) atoms. The van der Waals surface area contributed by atoms with Crippen LogP contribution in [0.5, 0.6) is 5.75 Å². The van der Waals surface area contributed by atoms with E-state index in [1.807, 2.05) is 29.2 Å². The molecular formula is C20H23NO2. The van der Waals surface area contributed by atoms with Crippen LogP contribution in [-0.4, -0.2) is 24.5 Å². The number of fused-ring (bicyclic) bond motifs is 1. The molecule has 2 aromatic carbocycles. The monoisotopic (exact) mass is 309 g/mol. The van der Waals surface area contributed by atoms with Gasteiger partial charge in [0.2, 0.25) is 5.91 Å². The van der Waals surface area contributed by atoms with Gasteiger partial charge in [-0.2, -0.15) is 0 Å². The Morgan fingerprint density at radius 1 is 1.22 bits per heavy atom. The van der Waals surface area contributed by atoms with E-state index in [0.29, 0.717) is 6.42 Å². The zero-order valence-corrected chi connectivity index (χ0v) is 13.8. The fraction of sp³-hybridized carbons (Fsp3) is 0.350. The van der Waals surface area contributed by atoms with Gasteiger partial charge in [0.25, 0.3) is 0 Å². The highest BCUT2D eigenvalue weighted by atomic mass is 16.5. The topological polar surface area (TPSA) is 29.5 Å². The van der Waals surface area contributed by atoms with Gasteiger partial charge in [-0.25, -0.2) is 0 Å². The average Bonchev–Trinajstić information content (AvgIpc) is 2.60. The molecule has 1 aliphatic heterocycles. The molecule has 0 aliphatic carbocycles. The van der Waals surface area contributed by atoms with Crippen molar-refractivity contribution in [3.63, 3.8) is 0 Å². The van der Waals surface area contributed by atoms with Gasteiger partial charge < -0.3 is 9.64 Å². The zero-order valence-electron chi connectivity index (χ0n) is 13.8. The number of benzene rings is 2. The molecule has 0 radical (unpaired) electrons. The number of nitrogens with zero attached hydrogens (tertiary/aromatic N) is 1. The Labute approximate surface area is 137 Å². The molecule has 1 aliphatic rings. The second-order valence-corrected chi connectivity index (χ2v) is 6.06. The largest absolute Gasteiger partial charge is 0.497 e. The van der Waals surface area contributed by atoms with Crippen molar-refractivity contribution in [3.8, 4) is 5.75 Å². The van der Waals surface area contributed by atoms with Gasteiger partial charge in [-0.05, 0) is 48.6 Å². The summed E-state index contributed by atoms with van der Waals surface area (Å²) in [5.74, 6) is 1.13. The van der Waals surface area contributed by atoms with Crippen LogP contribution < -0.4 is 4.74 Å². The number of hydrogen-bond donors (Lipinski definition) is 0. The van der Waals surface area contributed by atoms with Crippen molar-refractivity contribution in [1.29, 1.82) is 0 Å². The van der Waals surface area contributed by atoms with Gasteiger partial charge in [0.15, 0.2) is 0 Å². The van der Waals surface area contributed by atoms with Crippen LogP contribution in [0.1, 0.15) is 36.1 Å². The summed E-state index contributed by atoms with van der Waals surface area (Å²) in [5, 5.41) is 0. The van der Waals surface area contributed by atoms with Crippen molar-refractivity contribution < 1.29 is 9.53 Å². The number of ether oxygens (including phenoxy) is 1. The van der Waals surface area contributed by atoms with Crippen LogP contribution in [-0.2, 0) is 17.6 Å². The third-order valence-electron chi connectivity index (χ3n) is 4.68. The molecular weight excluding hydrogens is 286 g/mol. The van der Waals surface area contributed by atoms with Crippen LogP contribution in [0.2, 0.25) is 0 Å². The van der Waals surface area contributed by atoms with Crippen LogP contribution in [0.4, 0.5) is 0 Å². The van der Waals surface area contributed by atoms with Crippen molar-refractivity contribution in [2.24, 2.45) is 0 Å². The lowest BCUT2D eigenvalue weighted by atomic mass is 9.93. The van der Waals surface area contributed by atoms with E-state index >= 15 is 0 Å². The molecule has 1 unspecified atom stereocenters. The summed E-state index contributed by atoms with van der Waals surface area (Å²) in [6.07, 6.45) is 2.27.